The third-order valence-corrected chi connectivity index (χ3v) is 3.42. The van der Waals surface area contributed by atoms with Gasteiger partial charge < -0.3 is 9.64 Å². The van der Waals surface area contributed by atoms with Crippen LogP contribution in [0.3, 0.4) is 0 Å². The lowest BCUT2D eigenvalue weighted by Crippen LogP contribution is -2.45. The molecule has 2 heterocycles. The van der Waals surface area contributed by atoms with Gasteiger partial charge in [0.05, 0.1) is 12.2 Å². The number of likely N-dealkylation sites (N-methyl/N-ethyl adjacent to an activating group) is 1. The number of hydrogen-bond donors (Lipinski definition) is 0. The predicted octanol–water partition coefficient (Wildman–Crippen LogP) is 1.51. The first-order valence-corrected chi connectivity index (χ1v) is 4.97. The summed E-state index contributed by atoms with van der Waals surface area (Å²) in [6.07, 6.45) is 2.53. The SMILES string of the molecule is CC(C)[C@@H]1CC2(CCO2)CN1C. The first-order chi connectivity index (χ1) is 5.63. The molecule has 2 fully saturated rings. The highest BCUT2D eigenvalue weighted by Gasteiger charge is 2.48. The molecule has 70 valence electrons. The fourth-order valence-corrected chi connectivity index (χ4v) is 2.59. The van der Waals surface area contributed by atoms with E-state index in [0.717, 1.165) is 25.1 Å². The molecular weight excluding hydrogens is 150 g/mol. The monoisotopic (exact) mass is 169 g/mol. The molecule has 0 aromatic heterocycles. The van der Waals surface area contributed by atoms with Crippen LogP contribution in [0, 0.1) is 5.92 Å². The minimum atomic E-state index is 0.268. The van der Waals surface area contributed by atoms with Crippen molar-refractivity contribution in [1.29, 1.82) is 0 Å². The molecule has 0 saturated carbocycles. The van der Waals surface area contributed by atoms with Crippen molar-refractivity contribution in [1.82, 2.24) is 4.90 Å². The van der Waals surface area contributed by atoms with Crippen LogP contribution < -0.4 is 0 Å². The van der Waals surface area contributed by atoms with E-state index < -0.39 is 0 Å². The lowest BCUT2D eigenvalue weighted by atomic mass is 9.89. The molecule has 0 N–H and O–H groups in total. The van der Waals surface area contributed by atoms with Crippen molar-refractivity contribution < 1.29 is 4.74 Å². The summed E-state index contributed by atoms with van der Waals surface area (Å²) in [6, 6.07) is 0.741. The largest absolute Gasteiger partial charge is 0.373 e. The second kappa shape index (κ2) is 2.71. The van der Waals surface area contributed by atoms with Gasteiger partial charge in [0.15, 0.2) is 0 Å². The van der Waals surface area contributed by atoms with Gasteiger partial charge in [-0.1, -0.05) is 13.8 Å². The highest BCUT2D eigenvalue weighted by atomic mass is 16.5. The van der Waals surface area contributed by atoms with Crippen molar-refractivity contribution in [2.75, 3.05) is 20.2 Å². The van der Waals surface area contributed by atoms with Gasteiger partial charge in [-0.25, -0.2) is 0 Å². The maximum Gasteiger partial charge on any atom is 0.0845 e. The van der Waals surface area contributed by atoms with Crippen LogP contribution in [0.5, 0.6) is 0 Å². The third-order valence-electron chi connectivity index (χ3n) is 3.42. The number of rotatable bonds is 1. The van der Waals surface area contributed by atoms with E-state index in [0.29, 0.717) is 0 Å². The van der Waals surface area contributed by atoms with Crippen LogP contribution in [0.4, 0.5) is 0 Å². The van der Waals surface area contributed by atoms with Crippen LogP contribution in [-0.2, 0) is 4.74 Å². The maximum absolute atomic E-state index is 5.69. The highest BCUT2D eigenvalue weighted by Crippen LogP contribution is 2.40. The molecule has 12 heavy (non-hydrogen) atoms. The molecule has 2 atom stereocenters. The average Bonchev–Trinajstić information content (AvgIpc) is 2.26. The van der Waals surface area contributed by atoms with Crippen LogP contribution in [0.2, 0.25) is 0 Å². The summed E-state index contributed by atoms with van der Waals surface area (Å²) in [5.41, 5.74) is 0.268. The van der Waals surface area contributed by atoms with Crippen LogP contribution in [0.25, 0.3) is 0 Å². The number of nitrogens with zero attached hydrogens (tertiary/aromatic N) is 1. The first kappa shape index (κ1) is 8.52. The fourth-order valence-electron chi connectivity index (χ4n) is 2.59. The van der Waals surface area contributed by atoms with E-state index in [1.54, 1.807) is 0 Å². The standard InChI is InChI=1S/C10H19NO/c1-8(2)9-6-10(4-5-12-10)7-11(9)3/h8-9H,4-7H2,1-3H3/t9-,10?/m0/s1. The Balaban J connectivity index is 2.02. The van der Waals surface area contributed by atoms with Crippen LogP contribution in [0.15, 0.2) is 0 Å². The molecule has 2 aliphatic rings. The minimum absolute atomic E-state index is 0.268. The van der Waals surface area contributed by atoms with Gasteiger partial charge in [0.2, 0.25) is 0 Å². The zero-order valence-electron chi connectivity index (χ0n) is 8.34. The summed E-state index contributed by atoms with van der Waals surface area (Å²) < 4.78 is 5.69. The Labute approximate surface area is 74.9 Å². The van der Waals surface area contributed by atoms with Gasteiger partial charge in [-0.3, -0.25) is 0 Å². The van der Waals surface area contributed by atoms with Crippen molar-refractivity contribution >= 4 is 0 Å². The summed E-state index contributed by atoms with van der Waals surface area (Å²) in [4.78, 5) is 2.46. The molecule has 0 aromatic rings. The Hall–Kier alpha value is -0.0800. The van der Waals surface area contributed by atoms with E-state index in [9.17, 15) is 0 Å². The second-order valence-electron chi connectivity index (χ2n) is 4.71. The molecule has 1 unspecified atom stereocenters. The second-order valence-corrected chi connectivity index (χ2v) is 4.71. The molecule has 0 radical (unpaired) electrons. The van der Waals surface area contributed by atoms with Crippen molar-refractivity contribution in [2.24, 2.45) is 5.92 Å². The Kier molecular flexibility index (Phi) is 1.92. The topological polar surface area (TPSA) is 12.5 Å². The number of likely N-dealkylation sites (tertiary alicyclic amines) is 1. The van der Waals surface area contributed by atoms with Crippen LogP contribution in [-0.4, -0.2) is 36.7 Å². The first-order valence-electron chi connectivity index (χ1n) is 4.97. The Morgan fingerprint density at radius 3 is 2.42 bits per heavy atom. The van der Waals surface area contributed by atoms with Gasteiger partial charge in [-0.15, -0.1) is 0 Å². The Bertz CT molecular complexity index is 175. The van der Waals surface area contributed by atoms with Crippen LogP contribution in [0.1, 0.15) is 26.7 Å². The van der Waals surface area contributed by atoms with Gasteiger partial charge in [0.25, 0.3) is 0 Å². The molecule has 0 bridgehead atoms. The molecule has 2 aliphatic heterocycles. The molecule has 0 aromatic carbocycles. The molecule has 0 amide bonds. The van der Waals surface area contributed by atoms with Gasteiger partial charge in [0.1, 0.15) is 0 Å². The number of ether oxygens (including phenoxy) is 1. The predicted molar refractivity (Wildman–Crippen MR) is 49.2 cm³/mol. The molecular formula is C10H19NO. The van der Waals surface area contributed by atoms with Crippen molar-refractivity contribution in [3.05, 3.63) is 0 Å². The maximum atomic E-state index is 5.69. The molecule has 2 nitrogen and oxygen atoms in total. The Morgan fingerprint density at radius 1 is 1.50 bits per heavy atom. The summed E-state index contributed by atoms with van der Waals surface area (Å²) in [6.45, 7) is 6.74. The zero-order chi connectivity index (χ0) is 8.77. The minimum Gasteiger partial charge on any atom is -0.373 e. The fraction of sp³-hybridized carbons (Fsp3) is 1.00. The molecule has 2 rings (SSSR count). The summed E-state index contributed by atoms with van der Waals surface area (Å²) in [7, 11) is 2.22. The van der Waals surface area contributed by atoms with E-state index in [2.05, 4.69) is 25.8 Å². The average molecular weight is 169 g/mol. The quantitative estimate of drug-likeness (QED) is 0.590. The third kappa shape index (κ3) is 1.17. The Morgan fingerprint density at radius 2 is 2.17 bits per heavy atom. The van der Waals surface area contributed by atoms with Crippen molar-refractivity contribution in [2.45, 2.75) is 38.3 Å². The summed E-state index contributed by atoms with van der Waals surface area (Å²) in [5, 5.41) is 0. The lowest BCUT2D eigenvalue weighted by molar-refractivity contribution is -0.137. The van der Waals surface area contributed by atoms with E-state index in [4.69, 9.17) is 4.74 Å². The highest BCUT2D eigenvalue weighted by molar-refractivity contribution is 5.01. The van der Waals surface area contributed by atoms with Gasteiger partial charge in [0, 0.05) is 19.0 Å². The number of hydrogen-bond acceptors (Lipinski definition) is 2. The van der Waals surface area contributed by atoms with Gasteiger partial charge >= 0.3 is 0 Å². The molecule has 0 aliphatic carbocycles. The lowest BCUT2D eigenvalue weighted by Gasteiger charge is -2.38. The van der Waals surface area contributed by atoms with E-state index >= 15 is 0 Å². The summed E-state index contributed by atoms with van der Waals surface area (Å²) in [5.74, 6) is 0.763. The van der Waals surface area contributed by atoms with E-state index in [1.165, 1.54) is 12.8 Å². The van der Waals surface area contributed by atoms with E-state index in [-0.39, 0.29) is 5.60 Å². The van der Waals surface area contributed by atoms with Crippen molar-refractivity contribution in [3.63, 3.8) is 0 Å². The molecule has 2 saturated heterocycles. The molecule has 1 spiro atoms. The van der Waals surface area contributed by atoms with Crippen molar-refractivity contribution in [3.8, 4) is 0 Å². The summed E-state index contributed by atoms with van der Waals surface area (Å²) >= 11 is 0. The molecule has 2 heteroatoms. The van der Waals surface area contributed by atoms with Gasteiger partial charge in [-0.05, 0) is 19.4 Å². The van der Waals surface area contributed by atoms with Crippen LogP contribution >= 0.6 is 0 Å². The van der Waals surface area contributed by atoms with E-state index in [1.807, 2.05) is 0 Å². The normalized spacial score (nSPS) is 42.5. The zero-order valence-corrected chi connectivity index (χ0v) is 8.34. The van der Waals surface area contributed by atoms with Gasteiger partial charge in [-0.2, -0.15) is 0 Å². The smallest absolute Gasteiger partial charge is 0.0845 e.